The van der Waals surface area contributed by atoms with Gasteiger partial charge in [0.25, 0.3) is 0 Å². The van der Waals surface area contributed by atoms with Crippen molar-refractivity contribution in [2.24, 2.45) is 10.8 Å². The Balaban J connectivity index is 4.47. The van der Waals surface area contributed by atoms with Crippen LogP contribution in [-0.4, -0.2) is 6.10 Å². The van der Waals surface area contributed by atoms with E-state index in [4.69, 9.17) is 4.84 Å². The van der Waals surface area contributed by atoms with Crippen molar-refractivity contribution in [2.45, 2.75) is 47.6 Å². The van der Waals surface area contributed by atoms with Crippen LogP contribution < -0.4 is 5.48 Å². The quantitative estimate of drug-likeness (QED) is 0.682. The maximum absolute atomic E-state index is 5.55. The first kappa shape index (κ1) is 12.5. The number of rotatable bonds is 3. The highest BCUT2D eigenvalue weighted by Gasteiger charge is 2.36. The summed E-state index contributed by atoms with van der Waals surface area (Å²) >= 11 is 0. The van der Waals surface area contributed by atoms with Crippen molar-refractivity contribution in [2.75, 3.05) is 0 Å². The Hall–Kier alpha value is -0.500. The normalized spacial score (nSPS) is 13.2. The molecule has 2 nitrogen and oxygen atoms in total. The molecule has 0 aromatic carbocycles. The molecule has 0 rings (SSSR count). The predicted octanol–water partition coefficient (Wildman–Crippen LogP) is 3.11. The van der Waals surface area contributed by atoms with Gasteiger partial charge < -0.3 is 0 Å². The van der Waals surface area contributed by atoms with Crippen molar-refractivity contribution >= 4 is 0 Å². The second-order valence-electron chi connectivity index (χ2n) is 5.55. The molecule has 13 heavy (non-hydrogen) atoms. The van der Waals surface area contributed by atoms with Crippen LogP contribution in [0, 0.1) is 10.8 Å². The first-order valence-corrected chi connectivity index (χ1v) is 4.71. The van der Waals surface area contributed by atoms with Crippen LogP contribution in [0.3, 0.4) is 0 Å². The molecule has 0 aliphatic rings. The minimum atomic E-state index is 0.119. The molecule has 78 valence electrons. The number of hydrogen-bond acceptors (Lipinski definition) is 2. The minimum Gasteiger partial charge on any atom is -0.275 e. The van der Waals surface area contributed by atoms with Gasteiger partial charge in [0, 0.05) is 6.20 Å². The minimum absolute atomic E-state index is 0.119. The Morgan fingerprint density at radius 3 is 1.69 bits per heavy atom. The summed E-state index contributed by atoms with van der Waals surface area (Å²) < 4.78 is 0. The second kappa shape index (κ2) is 4.14. The van der Waals surface area contributed by atoms with Crippen molar-refractivity contribution in [3.05, 3.63) is 12.8 Å². The zero-order chi connectivity index (χ0) is 10.7. The highest BCUT2D eigenvalue weighted by atomic mass is 16.7. The van der Waals surface area contributed by atoms with E-state index in [1.807, 2.05) is 0 Å². The summed E-state index contributed by atoms with van der Waals surface area (Å²) in [6.45, 7) is 16.6. The van der Waals surface area contributed by atoms with Gasteiger partial charge in [-0.3, -0.25) is 10.3 Å². The fourth-order valence-corrected chi connectivity index (χ4v) is 1.77. The fourth-order valence-electron chi connectivity index (χ4n) is 1.77. The average molecular weight is 185 g/mol. The molecular weight excluding hydrogens is 162 g/mol. The SMILES string of the molecule is C=CNOC(C(C)(C)C)C(C)(C)C. The van der Waals surface area contributed by atoms with Gasteiger partial charge >= 0.3 is 0 Å². The van der Waals surface area contributed by atoms with Gasteiger partial charge in [-0.05, 0) is 10.8 Å². The molecule has 0 aliphatic heterocycles. The Labute approximate surface area is 82.3 Å². The molecule has 0 bridgehead atoms. The van der Waals surface area contributed by atoms with Gasteiger partial charge in [-0.2, -0.15) is 0 Å². The molecule has 1 N–H and O–H groups in total. The third-order valence-electron chi connectivity index (χ3n) is 1.84. The van der Waals surface area contributed by atoms with E-state index in [0.717, 1.165) is 0 Å². The Morgan fingerprint density at radius 2 is 1.46 bits per heavy atom. The summed E-state index contributed by atoms with van der Waals surface area (Å²) in [5.74, 6) is 0. The van der Waals surface area contributed by atoms with E-state index in [2.05, 4.69) is 53.6 Å². The summed E-state index contributed by atoms with van der Waals surface area (Å²) in [6, 6.07) is 0. The summed E-state index contributed by atoms with van der Waals surface area (Å²) in [7, 11) is 0. The van der Waals surface area contributed by atoms with Crippen LogP contribution >= 0.6 is 0 Å². The molecule has 0 atom stereocenters. The van der Waals surface area contributed by atoms with Gasteiger partial charge in [-0.25, -0.2) is 0 Å². The number of nitrogens with one attached hydrogen (secondary N) is 1. The predicted molar refractivity (Wildman–Crippen MR) is 57.1 cm³/mol. The average Bonchev–Trinajstić information content (AvgIpc) is 1.81. The van der Waals surface area contributed by atoms with Crippen LogP contribution in [0.5, 0.6) is 0 Å². The molecule has 2 heteroatoms. The molecule has 0 heterocycles. The second-order valence-corrected chi connectivity index (χ2v) is 5.55. The zero-order valence-electron chi connectivity index (χ0n) is 9.77. The molecule has 0 radical (unpaired) electrons. The van der Waals surface area contributed by atoms with Gasteiger partial charge in [0.15, 0.2) is 0 Å². The standard InChI is InChI=1S/C11H23NO/c1-8-12-13-9(10(2,3)4)11(5,6)7/h8-9,12H,1H2,2-7H3. The van der Waals surface area contributed by atoms with Crippen molar-refractivity contribution in [3.8, 4) is 0 Å². The van der Waals surface area contributed by atoms with Crippen LogP contribution in [0.15, 0.2) is 12.8 Å². The Bertz CT molecular complexity index is 148. The summed E-state index contributed by atoms with van der Waals surface area (Å²) in [5.41, 5.74) is 2.96. The lowest BCUT2D eigenvalue weighted by atomic mass is 9.74. The van der Waals surface area contributed by atoms with Gasteiger partial charge in [0.2, 0.25) is 0 Å². The zero-order valence-corrected chi connectivity index (χ0v) is 9.77. The molecule has 0 aromatic rings. The summed E-state index contributed by atoms with van der Waals surface area (Å²) in [5, 5.41) is 0. The van der Waals surface area contributed by atoms with Crippen molar-refractivity contribution in [1.29, 1.82) is 0 Å². The molecule has 0 unspecified atom stereocenters. The van der Waals surface area contributed by atoms with E-state index in [1.165, 1.54) is 0 Å². The maximum Gasteiger partial charge on any atom is 0.0949 e. The van der Waals surface area contributed by atoms with Crippen LogP contribution in [0.25, 0.3) is 0 Å². The lowest BCUT2D eigenvalue weighted by Crippen LogP contribution is -2.42. The molecule has 0 saturated carbocycles. The molecular formula is C11H23NO. The van der Waals surface area contributed by atoms with Gasteiger partial charge in [0.05, 0.1) is 6.10 Å². The van der Waals surface area contributed by atoms with E-state index in [0.29, 0.717) is 0 Å². The maximum atomic E-state index is 5.55. The molecule has 0 spiro atoms. The molecule has 0 aromatic heterocycles. The van der Waals surface area contributed by atoms with E-state index in [1.54, 1.807) is 6.20 Å². The van der Waals surface area contributed by atoms with Crippen molar-refractivity contribution in [3.63, 3.8) is 0 Å². The highest BCUT2D eigenvalue weighted by molar-refractivity contribution is 4.84. The largest absolute Gasteiger partial charge is 0.275 e. The topological polar surface area (TPSA) is 21.3 Å². The number of hydrogen-bond donors (Lipinski definition) is 1. The first-order chi connectivity index (χ1) is 5.69. The van der Waals surface area contributed by atoms with E-state index >= 15 is 0 Å². The monoisotopic (exact) mass is 185 g/mol. The summed E-state index contributed by atoms with van der Waals surface area (Å²) in [6.07, 6.45) is 1.71. The van der Waals surface area contributed by atoms with Crippen LogP contribution in [0.1, 0.15) is 41.5 Å². The van der Waals surface area contributed by atoms with Crippen molar-refractivity contribution < 1.29 is 4.84 Å². The Morgan fingerprint density at radius 1 is 1.08 bits per heavy atom. The molecule has 0 saturated heterocycles. The number of hydroxylamine groups is 1. The smallest absolute Gasteiger partial charge is 0.0949 e. The van der Waals surface area contributed by atoms with Crippen LogP contribution in [0.4, 0.5) is 0 Å². The van der Waals surface area contributed by atoms with Gasteiger partial charge in [-0.15, -0.1) is 0 Å². The third kappa shape index (κ3) is 4.32. The van der Waals surface area contributed by atoms with Crippen LogP contribution in [-0.2, 0) is 4.84 Å². The van der Waals surface area contributed by atoms with Gasteiger partial charge in [0.1, 0.15) is 0 Å². The van der Waals surface area contributed by atoms with E-state index in [9.17, 15) is 0 Å². The molecule has 0 amide bonds. The van der Waals surface area contributed by atoms with Crippen LogP contribution in [0.2, 0.25) is 0 Å². The highest BCUT2D eigenvalue weighted by Crippen LogP contribution is 2.35. The first-order valence-electron chi connectivity index (χ1n) is 4.71. The van der Waals surface area contributed by atoms with Crippen molar-refractivity contribution in [1.82, 2.24) is 5.48 Å². The van der Waals surface area contributed by atoms with E-state index in [-0.39, 0.29) is 16.9 Å². The third-order valence-corrected chi connectivity index (χ3v) is 1.84. The fraction of sp³-hybridized carbons (Fsp3) is 0.818. The lowest BCUT2D eigenvalue weighted by molar-refractivity contribution is -0.116. The van der Waals surface area contributed by atoms with Gasteiger partial charge in [-0.1, -0.05) is 48.1 Å². The van der Waals surface area contributed by atoms with E-state index < -0.39 is 0 Å². The molecule has 0 fully saturated rings. The Kier molecular flexibility index (Phi) is 3.98. The molecule has 0 aliphatic carbocycles. The summed E-state index contributed by atoms with van der Waals surface area (Å²) in [4.78, 5) is 5.55. The lowest BCUT2D eigenvalue weighted by Gasteiger charge is -2.39.